The van der Waals surface area contributed by atoms with E-state index in [9.17, 15) is 34.2 Å². The van der Waals surface area contributed by atoms with Gasteiger partial charge < -0.3 is 42.6 Å². The lowest BCUT2D eigenvalue weighted by molar-refractivity contribution is -0.142. The fraction of sp³-hybridized carbons (Fsp3) is 0.310. The molecule has 0 fully saturated rings. The van der Waals surface area contributed by atoms with Crippen LogP contribution in [0.4, 0.5) is 0 Å². The van der Waals surface area contributed by atoms with Gasteiger partial charge in [0.1, 0.15) is 23.9 Å². The summed E-state index contributed by atoms with van der Waals surface area (Å²) in [6.45, 7) is 0. The zero-order chi connectivity index (χ0) is 31.4. The monoisotopic (exact) mass is 593 g/mol. The van der Waals surface area contributed by atoms with Gasteiger partial charge in [0.15, 0.2) is 0 Å². The number of phenols is 1. The first-order valence-corrected chi connectivity index (χ1v) is 13.5. The summed E-state index contributed by atoms with van der Waals surface area (Å²) in [7, 11) is 0. The molecule has 0 aliphatic carbocycles. The molecule has 4 atom stereocenters. The Morgan fingerprint density at radius 1 is 0.791 bits per heavy atom. The second kappa shape index (κ2) is 15.7. The van der Waals surface area contributed by atoms with Crippen molar-refractivity contribution in [3.05, 3.63) is 83.9 Å². The number of phenolic OH excluding ortho intramolecular Hbond substituents is 1. The van der Waals surface area contributed by atoms with Crippen LogP contribution < -0.4 is 27.4 Å². The summed E-state index contributed by atoms with van der Waals surface area (Å²) in [6.07, 6.45) is 2.36. The molecule has 0 bridgehead atoms. The molecule has 228 valence electrons. The number of amides is 4. The van der Waals surface area contributed by atoms with E-state index >= 15 is 0 Å². The van der Waals surface area contributed by atoms with E-state index in [4.69, 9.17) is 11.5 Å². The van der Waals surface area contributed by atoms with Gasteiger partial charge in [0.25, 0.3) is 0 Å². The molecule has 1 heterocycles. The molecule has 4 unspecified atom stereocenters. The van der Waals surface area contributed by atoms with Gasteiger partial charge in [-0.2, -0.15) is 0 Å². The first kappa shape index (κ1) is 32.3. The third kappa shape index (κ3) is 10.6. The fourth-order valence-electron chi connectivity index (χ4n) is 4.23. The SMILES string of the molecule is NC(=O)CCC(NC(=O)C(Cc1ccccc1)NC(=O)C(N)Cc1ccc(O)cc1)C(=O)NC(Cc1cnc[nH]1)C(=O)O. The minimum absolute atomic E-state index is 0.0477. The average Bonchev–Trinajstić information content (AvgIpc) is 3.49. The smallest absolute Gasteiger partial charge is 0.326 e. The fourth-order valence-corrected chi connectivity index (χ4v) is 4.23. The normalized spacial score (nSPS) is 13.6. The van der Waals surface area contributed by atoms with Crippen LogP contribution in [-0.4, -0.2) is 73.9 Å². The van der Waals surface area contributed by atoms with Crippen molar-refractivity contribution in [3.63, 3.8) is 0 Å². The van der Waals surface area contributed by atoms with Crippen molar-refractivity contribution in [3.8, 4) is 5.75 Å². The van der Waals surface area contributed by atoms with Crippen molar-refractivity contribution in [1.29, 1.82) is 0 Å². The molecule has 14 nitrogen and oxygen atoms in total. The number of nitrogens with one attached hydrogen (secondary N) is 4. The Kier molecular flexibility index (Phi) is 11.8. The molecule has 10 N–H and O–H groups in total. The number of hydrogen-bond acceptors (Lipinski definition) is 8. The van der Waals surface area contributed by atoms with Crippen LogP contribution in [0.2, 0.25) is 0 Å². The van der Waals surface area contributed by atoms with Gasteiger partial charge in [-0.05, 0) is 36.1 Å². The number of H-pyrrole nitrogens is 1. The number of carboxylic acid groups (broad SMARTS) is 1. The topological polar surface area (TPSA) is 243 Å². The summed E-state index contributed by atoms with van der Waals surface area (Å²) < 4.78 is 0. The molecular weight excluding hydrogens is 558 g/mol. The predicted molar refractivity (Wildman–Crippen MR) is 154 cm³/mol. The van der Waals surface area contributed by atoms with Crippen molar-refractivity contribution < 1.29 is 34.2 Å². The quantitative estimate of drug-likeness (QED) is 0.104. The Morgan fingerprint density at radius 3 is 2.00 bits per heavy atom. The Labute approximate surface area is 247 Å². The van der Waals surface area contributed by atoms with Crippen molar-refractivity contribution in [2.24, 2.45) is 11.5 Å². The standard InChI is InChI=1S/C29H35N7O7/c30-21(12-18-6-8-20(37)9-7-18)26(39)35-23(13-17-4-2-1-3-5-17)28(41)34-22(10-11-25(31)38)27(40)36-24(29(42)43)14-19-15-32-16-33-19/h1-9,15-16,21-24,37H,10-14,30H2,(H2,31,38)(H,32,33)(H,34,41)(H,35,39)(H,36,40)(H,42,43). The van der Waals surface area contributed by atoms with E-state index in [-0.39, 0.29) is 37.9 Å². The van der Waals surface area contributed by atoms with E-state index in [0.717, 1.165) is 0 Å². The van der Waals surface area contributed by atoms with Gasteiger partial charge in [-0.3, -0.25) is 19.2 Å². The van der Waals surface area contributed by atoms with E-state index in [2.05, 4.69) is 25.9 Å². The third-order valence-electron chi connectivity index (χ3n) is 6.55. The maximum atomic E-state index is 13.5. The van der Waals surface area contributed by atoms with Crippen LogP contribution in [0.15, 0.2) is 67.1 Å². The molecule has 0 saturated carbocycles. The highest BCUT2D eigenvalue weighted by molar-refractivity contribution is 5.94. The maximum Gasteiger partial charge on any atom is 0.326 e. The molecule has 0 spiro atoms. The molecule has 2 aromatic carbocycles. The predicted octanol–water partition coefficient (Wildman–Crippen LogP) is -0.725. The lowest BCUT2D eigenvalue weighted by atomic mass is 10.0. The number of carbonyl (C=O) groups is 5. The van der Waals surface area contributed by atoms with Crippen LogP contribution in [0.3, 0.4) is 0 Å². The van der Waals surface area contributed by atoms with Gasteiger partial charge in [0, 0.05) is 31.2 Å². The Bertz CT molecular complexity index is 1380. The number of primary amides is 1. The third-order valence-corrected chi connectivity index (χ3v) is 6.55. The molecule has 3 rings (SSSR count). The highest BCUT2D eigenvalue weighted by Gasteiger charge is 2.31. The molecule has 4 amide bonds. The number of benzene rings is 2. The van der Waals surface area contributed by atoms with E-state index in [1.165, 1.54) is 24.7 Å². The van der Waals surface area contributed by atoms with Crippen molar-refractivity contribution in [1.82, 2.24) is 25.9 Å². The van der Waals surface area contributed by atoms with Crippen LogP contribution >= 0.6 is 0 Å². The highest BCUT2D eigenvalue weighted by atomic mass is 16.4. The summed E-state index contributed by atoms with van der Waals surface area (Å²) in [4.78, 5) is 69.7. The number of carboxylic acids is 1. The van der Waals surface area contributed by atoms with Crippen molar-refractivity contribution in [2.45, 2.75) is 56.3 Å². The highest BCUT2D eigenvalue weighted by Crippen LogP contribution is 2.12. The molecule has 3 aromatic rings. The summed E-state index contributed by atoms with van der Waals surface area (Å²) >= 11 is 0. The summed E-state index contributed by atoms with van der Waals surface area (Å²) in [6, 6.07) is 10.1. The lowest BCUT2D eigenvalue weighted by Crippen LogP contribution is -2.58. The Balaban J connectivity index is 1.76. The summed E-state index contributed by atoms with van der Waals surface area (Å²) in [5, 5.41) is 26.7. The van der Waals surface area contributed by atoms with Gasteiger partial charge >= 0.3 is 5.97 Å². The number of nitrogens with zero attached hydrogens (tertiary/aromatic N) is 1. The molecular formula is C29H35N7O7. The maximum absolute atomic E-state index is 13.5. The first-order chi connectivity index (χ1) is 20.5. The van der Waals surface area contributed by atoms with Gasteiger partial charge in [-0.1, -0.05) is 42.5 Å². The van der Waals surface area contributed by atoms with Crippen LogP contribution in [0.25, 0.3) is 0 Å². The molecule has 0 radical (unpaired) electrons. The summed E-state index contributed by atoms with van der Waals surface area (Å²) in [5.74, 6) is -4.22. The molecule has 0 saturated heterocycles. The van der Waals surface area contributed by atoms with E-state index in [1.807, 2.05) is 0 Å². The van der Waals surface area contributed by atoms with Gasteiger partial charge in [-0.25, -0.2) is 9.78 Å². The minimum Gasteiger partial charge on any atom is -0.508 e. The van der Waals surface area contributed by atoms with Crippen molar-refractivity contribution in [2.75, 3.05) is 0 Å². The second-order valence-electron chi connectivity index (χ2n) is 9.97. The number of aliphatic carboxylic acids is 1. The average molecular weight is 594 g/mol. The number of hydrogen-bond donors (Lipinski definition) is 8. The van der Waals surface area contributed by atoms with Crippen molar-refractivity contribution >= 4 is 29.6 Å². The number of nitrogens with two attached hydrogens (primary N) is 2. The number of aromatic nitrogens is 2. The van der Waals surface area contributed by atoms with Crippen LogP contribution in [0, 0.1) is 0 Å². The van der Waals surface area contributed by atoms with Crippen LogP contribution in [0.1, 0.15) is 29.7 Å². The Hall–Kier alpha value is -5.24. The Morgan fingerprint density at radius 2 is 1.40 bits per heavy atom. The lowest BCUT2D eigenvalue weighted by Gasteiger charge is -2.25. The van der Waals surface area contributed by atoms with Crippen LogP contribution in [0.5, 0.6) is 5.75 Å². The van der Waals surface area contributed by atoms with E-state index in [0.29, 0.717) is 16.8 Å². The number of imidazole rings is 1. The minimum atomic E-state index is -1.36. The van der Waals surface area contributed by atoms with E-state index < -0.39 is 53.8 Å². The molecule has 0 aliphatic heterocycles. The largest absolute Gasteiger partial charge is 0.508 e. The van der Waals surface area contributed by atoms with Crippen LogP contribution in [-0.2, 0) is 43.2 Å². The second-order valence-corrected chi connectivity index (χ2v) is 9.97. The van der Waals surface area contributed by atoms with Gasteiger partial charge in [0.05, 0.1) is 12.4 Å². The zero-order valence-electron chi connectivity index (χ0n) is 23.2. The molecule has 14 heteroatoms. The van der Waals surface area contributed by atoms with E-state index in [1.54, 1.807) is 42.5 Å². The number of aromatic hydroxyl groups is 1. The molecule has 0 aliphatic rings. The number of aromatic amines is 1. The van der Waals surface area contributed by atoms with Gasteiger partial charge in [0.2, 0.25) is 23.6 Å². The van der Waals surface area contributed by atoms with Gasteiger partial charge in [-0.15, -0.1) is 0 Å². The molecule has 1 aromatic heterocycles. The number of carbonyl (C=O) groups excluding carboxylic acids is 4. The number of rotatable bonds is 16. The zero-order valence-corrected chi connectivity index (χ0v) is 23.2. The summed E-state index contributed by atoms with van der Waals surface area (Å²) in [5.41, 5.74) is 13.2. The first-order valence-electron chi connectivity index (χ1n) is 13.5. The molecule has 43 heavy (non-hydrogen) atoms.